The first-order chi connectivity index (χ1) is 40.6. The van der Waals surface area contributed by atoms with E-state index in [4.69, 9.17) is 0 Å². The molecule has 0 aliphatic carbocycles. The van der Waals surface area contributed by atoms with Crippen LogP contribution in [0.15, 0.2) is 364 Å². The number of benzene rings is 12. The van der Waals surface area contributed by atoms with Crippen molar-refractivity contribution in [2.45, 2.75) is 32.7 Å². The molecule has 1 fully saturated rings. The summed E-state index contributed by atoms with van der Waals surface area (Å²) < 4.78 is 0. The second kappa shape index (κ2) is 21.5. The van der Waals surface area contributed by atoms with Crippen molar-refractivity contribution in [3.05, 3.63) is 431 Å². The van der Waals surface area contributed by atoms with Gasteiger partial charge in [0.15, 0.2) is 0 Å². The van der Waals surface area contributed by atoms with Crippen LogP contribution < -0.4 is 10.6 Å². The van der Waals surface area contributed by atoms with Crippen molar-refractivity contribution < 1.29 is 4.79 Å². The van der Waals surface area contributed by atoms with Gasteiger partial charge in [0, 0.05) is 0 Å². The molecule has 3 nitrogen and oxygen atoms in total. The zero-order chi connectivity index (χ0) is 55.3. The van der Waals surface area contributed by atoms with E-state index in [9.17, 15) is 0 Å². The molecule has 0 atom stereocenters. The molecule has 3 heteroatoms. The Hall–Kier alpha value is -10.1. The van der Waals surface area contributed by atoms with E-state index in [0.29, 0.717) is 0 Å². The Morgan fingerprint density at radius 3 is 0.366 bits per heavy atom. The van der Waals surface area contributed by atoms with Gasteiger partial charge < -0.3 is 10.6 Å². The number of amides is 2. The summed E-state index contributed by atoms with van der Waals surface area (Å²) in [6.07, 6.45) is 0. The van der Waals surface area contributed by atoms with Gasteiger partial charge in [-0.2, -0.15) is 0 Å². The summed E-state index contributed by atoms with van der Waals surface area (Å²) >= 11 is 0. The van der Waals surface area contributed by atoms with Crippen molar-refractivity contribution in [2.24, 2.45) is 0 Å². The lowest BCUT2D eigenvalue weighted by Gasteiger charge is -2.73. The van der Waals surface area contributed by atoms with Crippen molar-refractivity contribution in [2.75, 3.05) is 0 Å². The van der Waals surface area contributed by atoms with Gasteiger partial charge in [-0.1, -0.05) is 364 Å². The first-order valence-corrected chi connectivity index (χ1v) is 28.4. The van der Waals surface area contributed by atoms with Crippen LogP contribution in [0.1, 0.15) is 66.8 Å². The third-order valence-corrected chi connectivity index (χ3v) is 17.9. The molecule has 0 radical (unpaired) electrons. The van der Waals surface area contributed by atoms with Gasteiger partial charge in [0.2, 0.25) is 0 Å². The number of carbonyl (C=O) groups excluding carboxylic acids is 1. The highest BCUT2D eigenvalue weighted by Crippen LogP contribution is 2.75. The summed E-state index contributed by atoms with van der Waals surface area (Å²) in [6.45, 7) is 0. The number of hydrogen-bond acceptors (Lipinski definition) is 1. The molecule has 0 saturated carbocycles. The molecular formula is C79H62N2O. The number of hydrogen-bond donors (Lipinski definition) is 2. The van der Waals surface area contributed by atoms with Crippen LogP contribution in [0, 0.1) is 0 Å². The molecule has 0 bridgehead atoms. The maximum absolute atomic E-state index is 17.8. The Kier molecular flexibility index (Phi) is 13.5. The van der Waals surface area contributed by atoms with Crippen molar-refractivity contribution in [3.8, 4) is 0 Å². The van der Waals surface area contributed by atoms with E-state index in [2.05, 4.69) is 375 Å². The molecule has 1 heterocycles. The van der Waals surface area contributed by atoms with Crippen LogP contribution in [-0.2, 0) is 21.7 Å². The first-order valence-electron chi connectivity index (χ1n) is 28.4. The highest BCUT2D eigenvalue weighted by molar-refractivity contribution is 5.90. The minimum atomic E-state index is -1.79. The Morgan fingerprint density at radius 2 is 0.268 bits per heavy atom. The molecule has 1 aliphatic rings. The van der Waals surface area contributed by atoms with E-state index in [1.54, 1.807) is 0 Å². The molecule has 0 spiro atoms. The highest BCUT2D eigenvalue weighted by Gasteiger charge is 2.88. The number of nitrogens with one attached hydrogen (secondary N) is 2. The summed E-state index contributed by atoms with van der Waals surface area (Å²) in [6, 6.07) is 132. The fourth-order valence-electron chi connectivity index (χ4n) is 15.5. The van der Waals surface area contributed by atoms with Gasteiger partial charge in [-0.3, -0.25) is 0 Å². The fourth-order valence-corrected chi connectivity index (χ4v) is 15.5. The molecular weight excluding hydrogens is 993 g/mol. The molecule has 2 N–H and O–H groups in total. The van der Waals surface area contributed by atoms with Gasteiger partial charge in [-0.25, -0.2) is 4.79 Å². The molecule has 394 valence electrons. The lowest BCUT2D eigenvalue weighted by Crippen LogP contribution is -2.89. The standard InChI is InChI=1S/C79H62N2O/c82-73-80-78(74(61-37-13-1-14-38-61,62-39-15-2-16-40-62)63-41-17-3-18-42-63,75(64-43-19-4-20-44-64,65-45-21-5-22-46-65)66-47-23-6-24-48-66)79(81-73,76(67-49-25-7-26-50-67,68-51-27-8-28-52-68)69-53-29-9-30-54-69)77(70-55-31-10-32-56-70,71-57-33-11-34-58-71)72-59-35-12-36-60-72/h1-60H,(H2,80,81,82). The van der Waals surface area contributed by atoms with Crippen molar-refractivity contribution in [3.63, 3.8) is 0 Å². The second-order valence-electron chi connectivity index (χ2n) is 21.5. The fraction of sp³-hybridized carbons (Fsp3) is 0.0759. The normalized spacial score (nSPS) is 14.0. The summed E-state index contributed by atoms with van der Waals surface area (Å²) in [4.78, 5) is 17.8. The Labute approximate surface area is 482 Å². The van der Waals surface area contributed by atoms with E-state index in [-0.39, 0.29) is 6.03 Å². The van der Waals surface area contributed by atoms with E-state index < -0.39 is 32.7 Å². The lowest BCUT2D eigenvalue weighted by molar-refractivity contribution is 0.0118. The third-order valence-electron chi connectivity index (χ3n) is 17.9. The number of carbonyl (C=O) groups is 1. The van der Waals surface area contributed by atoms with Crippen LogP contribution in [0.5, 0.6) is 0 Å². The summed E-state index contributed by atoms with van der Waals surface area (Å²) in [7, 11) is 0. The average molecular weight is 1060 g/mol. The van der Waals surface area contributed by atoms with Crippen LogP contribution in [0.2, 0.25) is 0 Å². The predicted octanol–water partition coefficient (Wildman–Crippen LogP) is 16.9. The molecule has 1 aliphatic heterocycles. The molecule has 12 aromatic rings. The van der Waals surface area contributed by atoms with Gasteiger partial charge in [-0.05, 0) is 66.8 Å². The van der Waals surface area contributed by atoms with Crippen LogP contribution in [0.25, 0.3) is 0 Å². The molecule has 0 aromatic heterocycles. The van der Waals surface area contributed by atoms with E-state index in [0.717, 1.165) is 66.8 Å². The first kappa shape index (κ1) is 51.4. The molecule has 82 heavy (non-hydrogen) atoms. The Balaban J connectivity index is 1.52. The lowest BCUT2D eigenvalue weighted by atomic mass is 9.30. The van der Waals surface area contributed by atoms with Gasteiger partial charge in [0.25, 0.3) is 0 Å². The van der Waals surface area contributed by atoms with Crippen molar-refractivity contribution >= 4 is 6.03 Å². The third kappa shape index (κ3) is 7.32. The average Bonchev–Trinajstić information content (AvgIpc) is 1.27. The van der Waals surface area contributed by atoms with E-state index >= 15 is 4.79 Å². The topological polar surface area (TPSA) is 41.1 Å². The molecule has 2 amide bonds. The van der Waals surface area contributed by atoms with Gasteiger partial charge in [-0.15, -0.1) is 0 Å². The summed E-state index contributed by atoms with van der Waals surface area (Å²) in [5.41, 5.74) is 2.32. The predicted molar refractivity (Wildman–Crippen MR) is 334 cm³/mol. The smallest absolute Gasteiger partial charge is 0.316 e. The molecule has 0 unspecified atom stereocenters. The van der Waals surface area contributed by atoms with Crippen LogP contribution in [-0.4, -0.2) is 17.1 Å². The minimum absolute atomic E-state index is 0.335. The zero-order valence-electron chi connectivity index (χ0n) is 45.5. The highest BCUT2D eigenvalue weighted by atomic mass is 16.2. The molecule has 13 rings (SSSR count). The zero-order valence-corrected chi connectivity index (χ0v) is 45.5. The number of rotatable bonds is 16. The monoisotopic (exact) mass is 1050 g/mol. The maximum Gasteiger partial charge on any atom is 0.316 e. The Bertz CT molecular complexity index is 3100. The molecule has 1 saturated heterocycles. The quantitative estimate of drug-likeness (QED) is 0.0931. The Morgan fingerprint density at radius 1 is 0.171 bits per heavy atom. The van der Waals surface area contributed by atoms with Gasteiger partial charge >= 0.3 is 6.03 Å². The van der Waals surface area contributed by atoms with Crippen molar-refractivity contribution in [1.82, 2.24) is 10.6 Å². The van der Waals surface area contributed by atoms with Crippen LogP contribution >= 0.6 is 0 Å². The van der Waals surface area contributed by atoms with E-state index in [1.807, 2.05) is 0 Å². The summed E-state index contributed by atoms with van der Waals surface area (Å²) in [5, 5.41) is 8.82. The summed E-state index contributed by atoms with van der Waals surface area (Å²) in [5.74, 6) is 0. The molecule has 12 aromatic carbocycles. The van der Waals surface area contributed by atoms with Gasteiger partial charge in [0.05, 0.1) is 21.7 Å². The SMILES string of the molecule is O=C1NC(C(c2ccccc2)(c2ccccc2)c2ccccc2)(C(c2ccccc2)(c2ccccc2)c2ccccc2)C(C(c2ccccc2)(c2ccccc2)c2ccccc2)(C(c2ccccc2)(c2ccccc2)c2ccccc2)N1. The minimum Gasteiger partial charge on any atom is -0.327 e. The van der Waals surface area contributed by atoms with Gasteiger partial charge in [0.1, 0.15) is 11.1 Å². The van der Waals surface area contributed by atoms with Crippen LogP contribution in [0.3, 0.4) is 0 Å². The van der Waals surface area contributed by atoms with E-state index in [1.165, 1.54) is 0 Å². The van der Waals surface area contributed by atoms with Crippen molar-refractivity contribution in [1.29, 1.82) is 0 Å². The second-order valence-corrected chi connectivity index (χ2v) is 21.5. The maximum atomic E-state index is 17.8. The van der Waals surface area contributed by atoms with Crippen LogP contribution in [0.4, 0.5) is 4.79 Å². The largest absolute Gasteiger partial charge is 0.327 e. The number of urea groups is 1.